The molecule has 2 N–H and O–H groups in total. The Morgan fingerprint density at radius 1 is 0.931 bits per heavy atom. The van der Waals surface area contributed by atoms with Crippen LogP contribution in [-0.2, 0) is 12.0 Å². The number of hydrazone groups is 1. The zero-order valence-corrected chi connectivity index (χ0v) is 16.7. The Bertz CT molecular complexity index is 997. The molecule has 4 nitrogen and oxygen atoms in total. The molecule has 29 heavy (non-hydrogen) atoms. The minimum absolute atomic E-state index is 0.245. The first-order chi connectivity index (χ1) is 14.2. The van der Waals surface area contributed by atoms with Gasteiger partial charge in [0.25, 0.3) is 0 Å². The van der Waals surface area contributed by atoms with Gasteiger partial charge in [0.1, 0.15) is 5.84 Å². The van der Waals surface area contributed by atoms with Crippen molar-refractivity contribution < 1.29 is 0 Å². The first kappa shape index (κ1) is 19.1. The quantitative estimate of drug-likeness (QED) is 0.530. The predicted molar refractivity (Wildman–Crippen MR) is 120 cm³/mol. The second-order valence-electron chi connectivity index (χ2n) is 7.49. The maximum absolute atomic E-state index is 6.09. The van der Waals surface area contributed by atoms with Crippen molar-refractivity contribution in [3.8, 4) is 0 Å². The van der Waals surface area contributed by atoms with Crippen molar-refractivity contribution >= 4 is 11.5 Å². The van der Waals surface area contributed by atoms with Crippen LogP contribution in [0.5, 0.6) is 0 Å². The summed E-state index contributed by atoms with van der Waals surface area (Å²) in [5, 5.41) is 6.99. The van der Waals surface area contributed by atoms with Crippen molar-refractivity contribution in [1.82, 2.24) is 5.01 Å². The average Bonchev–Trinajstić information content (AvgIpc) is 3.15. The van der Waals surface area contributed by atoms with Crippen molar-refractivity contribution in [3.05, 3.63) is 108 Å². The van der Waals surface area contributed by atoms with Crippen LogP contribution in [0.4, 0.5) is 0 Å². The van der Waals surface area contributed by atoms with E-state index in [4.69, 9.17) is 15.8 Å². The zero-order valence-electron chi connectivity index (χ0n) is 16.7. The standard InChI is InChI=1S/C25H26N4/c1-25(22-15-9-4-10-16-22)19-29(28-24(25)21-13-7-3-8-14-21)23(17-26)27-18-20-11-5-2-6-12-20/h2-16H,17-19,26H2,1H3. The number of hydrogen-bond acceptors (Lipinski definition) is 3. The minimum Gasteiger partial charge on any atom is -0.324 e. The fraction of sp³-hybridized carbons (Fsp3) is 0.200. The molecule has 0 radical (unpaired) electrons. The van der Waals surface area contributed by atoms with Gasteiger partial charge in [-0.25, -0.2) is 5.01 Å². The van der Waals surface area contributed by atoms with Gasteiger partial charge in [0.2, 0.25) is 0 Å². The van der Waals surface area contributed by atoms with E-state index in [0.717, 1.165) is 22.7 Å². The van der Waals surface area contributed by atoms with E-state index in [9.17, 15) is 0 Å². The Balaban J connectivity index is 1.70. The second kappa shape index (κ2) is 8.41. The maximum Gasteiger partial charge on any atom is 0.134 e. The SMILES string of the molecule is CC1(c2ccccc2)CN(C(CN)=NCc2ccccc2)N=C1c1ccccc1. The molecule has 0 spiro atoms. The Kier molecular flexibility index (Phi) is 5.54. The lowest BCUT2D eigenvalue weighted by molar-refractivity contribution is 0.421. The fourth-order valence-corrected chi connectivity index (χ4v) is 3.81. The molecule has 1 atom stereocenters. The van der Waals surface area contributed by atoms with Crippen LogP contribution in [0.3, 0.4) is 0 Å². The summed E-state index contributed by atoms with van der Waals surface area (Å²) in [5.74, 6) is 0.807. The smallest absolute Gasteiger partial charge is 0.134 e. The molecular weight excluding hydrogens is 356 g/mol. The van der Waals surface area contributed by atoms with E-state index >= 15 is 0 Å². The summed E-state index contributed by atoms with van der Waals surface area (Å²) in [6.07, 6.45) is 0. The van der Waals surface area contributed by atoms with E-state index in [2.05, 4.69) is 67.6 Å². The molecule has 1 aliphatic heterocycles. The minimum atomic E-state index is -0.245. The number of rotatable bonds is 5. The zero-order chi connectivity index (χ0) is 20.1. The molecule has 0 fully saturated rings. The van der Waals surface area contributed by atoms with Crippen LogP contribution in [0.25, 0.3) is 0 Å². The number of hydrogen-bond donors (Lipinski definition) is 1. The lowest BCUT2D eigenvalue weighted by Gasteiger charge is -2.27. The highest BCUT2D eigenvalue weighted by molar-refractivity contribution is 6.10. The third-order valence-corrected chi connectivity index (χ3v) is 5.43. The molecule has 0 bridgehead atoms. The average molecular weight is 383 g/mol. The lowest BCUT2D eigenvalue weighted by Crippen LogP contribution is -2.39. The monoisotopic (exact) mass is 382 g/mol. The number of benzene rings is 3. The lowest BCUT2D eigenvalue weighted by atomic mass is 9.76. The van der Waals surface area contributed by atoms with E-state index in [1.54, 1.807) is 0 Å². The van der Waals surface area contributed by atoms with E-state index in [0.29, 0.717) is 19.6 Å². The molecule has 146 valence electrons. The van der Waals surface area contributed by atoms with Crippen LogP contribution in [0, 0.1) is 0 Å². The highest BCUT2D eigenvalue weighted by Gasteiger charge is 2.41. The highest BCUT2D eigenvalue weighted by Crippen LogP contribution is 2.35. The number of nitrogens with zero attached hydrogens (tertiary/aromatic N) is 3. The molecule has 4 rings (SSSR count). The molecule has 0 aromatic heterocycles. The van der Waals surface area contributed by atoms with Gasteiger partial charge in [-0.2, -0.15) is 5.10 Å². The van der Waals surface area contributed by atoms with Crippen molar-refractivity contribution in [3.63, 3.8) is 0 Å². The number of nitrogens with two attached hydrogens (primary N) is 1. The third kappa shape index (κ3) is 3.98. The summed E-state index contributed by atoms with van der Waals surface area (Å²) < 4.78 is 0. The molecule has 0 amide bonds. The van der Waals surface area contributed by atoms with Crippen LogP contribution in [0.1, 0.15) is 23.6 Å². The number of amidine groups is 1. The summed E-state index contributed by atoms with van der Waals surface area (Å²) >= 11 is 0. The summed E-state index contributed by atoms with van der Waals surface area (Å²) in [6.45, 7) is 3.91. The normalized spacial score (nSPS) is 19.3. The largest absolute Gasteiger partial charge is 0.324 e. The van der Waals surface area contributed by atoms with Crippen LogP contribution >= 0.6 is 0 Å². The maximum atomic E-state index is 6.09. The van der Waals surface area contributed by atoms with Gasteiger partial charge in [0.05, 0.1) is 30.8 Å². The Labute approximate surface area is 172 Å². The number of aliphatic imine (C=N–C) groups is 1. The van der Waals surface area contributed by atoms with Gasteiger partial charge in [-0.05, 0) is 23.6 Å². The van der Waals surface area contributed by atoms with Crippen molar-refractivity contribution in [1.29, 1.82) is 0 Å². The topological polar surface area (TPSA) is 54.0 Å². The summed E-state index contributed by atoms with van der Waals surface area (Å²) in [5.41, 5.74) is 10.4. The van der Waals surface area contributed by atoms with Gasteiger partial charge in [-0.15, -0.1) is 0 Å². The van der Waals surface area contributed by atoms with Crippen molar-refractivity contribution in [2.24, 2.45) is 15.8 Å². The van der Waals surface area contributed by atoms with Gasteiger partial charge in [-0.3, -0.25) is 4.99 Å². The predicted octanol–water partition coefficient (Wildman–Crippen LogP) is 4.22. The molecule has 0 saturated heterocycles. The van der Waals surface area contributed by atoms with Crippen molar-refractivity contribution in [2.75, 3.05) is 13.1 Å². The Hall–Kier alpha value is -3.24. The van der Waals surface area contributed by atoms with Gasteiger partial charge in [0, 0.05) is 0 Å². The summed E-state index contributed by atoms with van der Waals surface area (Å²) in [4.78, 5) is 4.79. The molecule has 3 aromatic carbocycles. The summed E-state index contributed by atoms with van der Waals surface area (Å²) in [6, 6.07) is 31.2. The summed E-state index contributed by atoms with van der Waals surface area (Å²) in [7, 11) is 0. The Morgan fingerprint density at radius 3 is 2.14 bits per heavy atom. The van der Waals surface area contributed by atoms with Gasteiger partial charge < -0.3 is 5.73 Å². The van der Waals surface area contributed by atoms with E-state index in [1.807, 2.05) is 35.3 Å². The van der Waals surface area contributed by atoms with Crippen LogP contribution in [0.2, 0.25) is 0 Å². The highest BCUT2D eigenvalue weighted by atomic mass is 15.5. The molecule has 1 heterocycles. The van der Waals surface area contributed by atoms with Gasteiger partial charge in [-0.1, -0.05) is 91.0 Å². The fourth-order valence-electron chi connectivity index (χ4n) is 3.81. The van der Waals surface area contributed by atoms with Crippen LogP contribution in [-0.4, -0.2) is 29.6 Å². The van der Waals surface area contributed by atoms with E-state index in [-0.39, 0.29) is 5.41 Å². The molecule has 4 heteroatoms. The third-order valence-electron chi connectivity index (χ3n) is 5.43. The first-order valence-electron chi connectivity index (χ1n) is 9.95. The molecular formula is C25H26N4. The van der Waals surface area contributed by atoms with E-state index < -0.39 is 0 Å². The second-order valence-corrected chi connectivity index (χ2v) is 7.49. The molecule has 1 unspecified atom stereocenters. The van der Waals surface area contributed by atoms with Crippen LogP contribution in [0.15, 0.2) is 101 Å². The van der Waals surface area contributed by atoms with Gasteiger partial charge in [0.15, 0.2) is 0 Å². The molecule has 1 aliphatic rings. The van der Waals surface area contributed by atoms with Crippen molar-refractivity contribution in [2.45, 2.75) is 18.9 Å². The van der Waals surface area contributed by atoms with Crippen LogP contribution < -0.4 is 5.73 Å². The molecule has 3 aromatic rings. The molecule has 0 saturated carbocycles. The van der Waals surface area contributed by atoms with E-state index in [1.165, 1.54) is 5.56 Å². The Morgan fingerprint density at radius 2 is 1.52 bits per heavy atom. The van der Waals surface area contributed by atoms with Gasteiger partial charge >= 0.3 is 0 Å². The molecule has 0 aliphatic carbocycles. The first-order valence-corrected chi connectivity index (χ1v) is 9.95.